The fourth-order valence-electron chi connectivity index (χ4n) is 1.99. The lowest BCUT2D eigenvalue weighted by atomic mass is 10.1. The van der Waals surface area contributed by atoms with Crippen LogP contribution in [-0.4, -0.2) is 22.7 Å². The van der Waals surface area contributed by atoms with Gasteiger partial charge in [0.2, 0.25) is 0 Å². The van der Waals surface area contributed by atoms with E-state index in [-0.39, 0.29) is 11.8 Å². The van der Waals surface area contributed by atoms with Crippen LogP contribution in [0.2, 0.25) is 0 Å². The molecule has 1 heterocycles. The van der Waals surface area contributed by atoms with Gasteiger partial charge in [-0.3, -0.25) is 0 Å². The highest BCUT2D eigenvalue weighted by Crippen LogP contribution is 2.27. The molecule has 1 aliphatic heterocycles. The van der Waals surface area contributed by atoms with Gasteiger partial charge in [0, 0.05) is 29.5 Å². The van der Waals surface area contributed by atoms with Gasteiger partial charge in [-0.25, -0.2) is 4.39 Å². The Morgan fingerprint density at radius 3 is 3.00 bits per heavy atom. The Hall–Kier alpha value is -0.740. The molecule has 2 nitrogen and oxygen atoms in total. The van der Waals surface area contributed by atoms with Crippen molar-refractivity contribution < 1.29 is 9.50 Å². The van der Waals surface area contributed by atoms with Crippen LogP contribution in [0.25, 0.3) is 0 Å². The molecule has 1 fully saturated rings. The minimum Gasteiger partial charge on any atom is -0.508 e. The van der Waals surface area contributed by atoms with Crippen LogP contribution < -0.4 is 5.32 Å². The summed E-state index contributed by atoms with van der Waals surface area (Å²) < 4.78 is 12.8. The smallest absolute Gasteiger partial charge is 0.126 e. The molecule has 2 rings (SSSR count). The fraction of sp³-hybridized carbons (Fsp3) is 0.500. The third-order valence-corrected chi connectivity index (χ3v) is 4.04. The molecule has 0 bridgehead atoms. The first-order valence-electron chi connectivity index (χ1n) is 5.49. The lowest BCUT2D eigenvalue weighted by molar-refractivity contribution is 0.432. The number of nitrogens with one attached hydrogen (secondary N) is 1. The Balaban J connectivity index is 2.04. The number of benzene rings is 1. The number of thioether (sulfide) groups is 1. The van der Waals surface area contributed by atoms with Crippen molar-refractivity contribution in [2.75, 3.05) is 11.5 Å². The van der Waals surface area contributed by atoms with Crippen molar-refractivity contribution in [3.63, 3.8) is 0 Å². The zero-order valence-corrected chi connectivity index (χ0v) is 10.1. The summed E-state index contributed by atoms with van der Waals surface area (Å²) in [5.41, 5.74) is 0.762. The number of halogens is 1. The molecule has 2 unspecified atom stereocenters. The highest BCUT2D eigenvalue weighted by molar-refractivity contribution is 7.99. The summed E-state index contributed by atoms with van der Waals surface area (Å²) in [7, 11) is 0. The second-order valence-electron chi connectivity index (χ2n) is 4.15. The highest BCUT2D eigenvalue weighted by Gasteiger charge is 2.19. The molecule has 1 saturated heterocycles. The number of hydrogen-bond donors (Lipinski definition) is 2. The number of rotatable bonds is 3. The van der Waals surface area contributed by atoms with Crippen molar-refractivity contribution >= 4 is 11.8 Å². The van der Waals surface area contributed by atoms with Gasteiger partial charge >= 0.3 is 0 Å². The zero-order valence-electron chi connectivity index (χ0n) is 9.24. The highest BCUT2D eigenvalue weighted by atomic mass is 32.2. The Kier molecular flexibility index (Phi) is 3.71. The van der Waals surface area contributed by atoms with Crippen molar-refractivity contribution in [1.29, 1.82) is 0 Å². The first kappa shape index (κ1) is 11.7. The van der Waals surface area contributed by atoms with Gasteiger partial charge in [-0.05, 0) is 25.2 Å². The van der Waals surface area contributed by atoms with Gasteiger partial charge in [0.15, 0.2) is 0 Å². The first-order chi connectivity index (χ1) is 7.66. The van der Waals surface area contributed by atoms with Gasteiger partial charge in [-0.2, -0.15) is 11.8 Å². The topological polar surface area (TPSA) is 32.3 Å². The van der Waals surface area contributed by atoms with Crippen LogP contribution >= 0.6 is 11.8 Å². The SMILES string of the molecule is CC(NC1CCSC1)c1ccc(F)cc1O. The predicted molar refractivity (Wildman–Crippen MR) is 65.3 cm³/mol. The van der Waals surface area contributed by atoms with Gasteiger partial charge in [0.25, 0.3) is 0 Å². The molecule has 0 aromatic heterocycles. The zero-order chi connectivity index (χ0) is 11.5. The third kappa shape index (κ3) is 2.68. The first-order valence-corrected chi connectivity index (χ1v) is 6.64. The molecule has 4 heteroatoms. The van der Waals surface area contributed by atoms with Crippen LogP contribution in [-0.2, 0) is 0 Å². The van der Waals surface area contributed by atoms with E-state index in [1.807, 2.05) is 18.7 Å². The largest absolute Gasteiger partial charge is 0.508 e. The van der Waals surface area contributed by atoms with Gasteiger partial charge in [0.1, 0.15) is 11.6 Å². The Morgan fingerprint density at radius 1 is 1.56 bits per heavy atom. The van der Waals surface area contributed by atoms with E-state index in [1.54, 1.807) is 6.07 Å². The van der Waals surface area contributed by atoms with Gasteiger partial charge < -0.3 is 10.4 Å². The summed E-state index contributed by atoms with van der Waals surface area (Å²) in [5.74, 6) is 1.95. The average Bonchev–Trinajstić information content (AvgIpc) is 2.70. The maximum Gasteiger partial charge on any atom is 0.126 e. The van der Waals surface area contributed by atoms with Crippen LogP contribution in [0.3, 0.4) is 0 Å². The fourth-order valence-corrected chi connectivity index (χ4v) is 3.16. The van der Waals surface area contributed by atoms with Crippen LogP contribution in [0.1, 0.15) is 24.9 Å². The van der Waals surface area contributed by atoms with Crippen LogP contribution in [0, 0.1) is 5.82 Å². The molecule has 0 aliphatic carbocycles. The molecule has 0 saturated carbocycles. The van der Waals surface area contributed by atoms with E-state index < -0.39 is 5.82 Å². The van der Waals surface area contributed by atoms with Gasteiger partial charge in [0.05, 0.1) is 0 Å². The Labute approximate surface area is 99.2 Å². The molecule has 16 heavy (non-hydrogen) atoms. The maximum atomic E-state index is 12.8. The monoisotopic (exact) mass is 241 g/mol. The van der Waals surface area contributed by atoms with Gasteiger partial charge in [-0.1, -0.05) is 6.07 Å². The van der Waals surface area contributed by atoms with Gasteiger partial charge in [-0.15, -0.1) is 0 Å². The molecule has 2 N–H and O–H groups in total. The van der Waals surface area contributed by atoms with E-state index in [4.69, 9.17) is 0 Å². The van der Waals surface area contributed by atoms with Crippen LogP contribution in [0.15, 0.2) is 18.2 Å². The molecule has 88 valence electrons. The van der Waals surface area contributed by atoms with E-state index in [1.165, 1.54) is 11.8 Å². The molecular formula is C12H16FNOS. The number of aromatic hydroxyl groups is 1. The summed E-state index contributed by atoms with van der Waals surface area (Å²) in [6, 6.07) is 4.76. The normalized spacial score (nSPS) is 22.2. The van der Waals surface area contributed by atoms with Crippen LogP contribution in [0.4, 0.5) is 4.39 Å². The quantitative estimate of drug-likeness (QED) is 0.853. The summed E-state index contributed by atoms with van der Waals surface area (Å²) in [6.07, 6.45) is 1.16. The average molecular weight is 241 g/mol. The van der Waals surface area contributed by atoms with Crippen molar-refractivity contribution in [3.8, 4) is 5.75 Å². The molecule has 0 amide bonds. The van der Waals surface area contributed by atoms with E-state index >= 15 is 0 Å². The van der Waals surface area contributed by atoms with Crippen molar-refractivity contribution in [2.45, 2.75) is 25.4 Å². The Bertz CT molecular complexity index is 366. The molecule has 2 atom stereocenters. The molecule has 1 aliphatic rings. The molecule has 1 aromatic carbocycles. The molecule has 0 radical (unpaired) electrons. The van der Waals surface area contributed by atoms with E-state index in [0.29, 0.717) is 6.04 Å². The minimum absolute atomic E-state index is 0.0330. The minimum atomic E-state index is -0.398. The summed E-state index contributed by atoms with van der Waals surface area (Å²) >= 11 is 1.94. The maximum absolute atomic E-state index is 12.8. The third-order valence-electron chi connectivity index (χ3n) is 2.87. The predicted octanol–water partition coefficient (Wildman–Crippen LogP) is 2.69. The number of phenols is 1. The second-order valence-corrected chi connectivity index (χ2v) is 5.30. The van der Waals surface area contributed by atoms with Crippen molar-refractivity contribution in [3.05, 3.63) is 29.6 Å². The lowest BCUT2D eigenvalue weighted by Gasteiger charge is -2.19. The van der Waals surface area contributed by atoms with E-state index in [2.05, 4.69) is 5.32 Å². The van der Waals surface area contributed by atoms with Crippen LogP contribution in [0.5, 0.6) is 5.75 Å². The second kappa shape index (κ2) is 5.06. The molecular weight excluding hydrogens is 225 g/mol. The molecule has 0 spiro atoms. The number of hydrogen-bond acceptors (Lipinski definition) is 3. The molecule has 1 aromatic rings. The Morgan fingerprint density at radius 2 is 2.38 bits per heavy atom. The summed E-state index contributed by atoms with van der Waals surface area (Å²) in [4.78, 5) is 0. The van der Waals surface area contributed by atoms with E-state index in [0.717, 1.165) is 23.8 Å². The number of phenolic OH excluding ortho intramolecular Hbond substituents is 1. The van der Waals surface area contributed by atoms with Crippen molar-refractivity contribution in [2.24, 2.45) is 0 Å². The van der Waals surface area contributed by atoms with E-state index in [9.17, 15) is 9.50 Å². The summed E-state index contributed by atoms with van der Waals surface area (Å²) in [5, 5.41) is 13.1. The standard InChI is InChI=1S/C12H16FNOS/c1-8(14-10-4-5-16-7-10)11-3-2-9(13)6-12(11)15/h2-3,6,8,10,14-15H,4-5,7H2,1H3. The van der Waals surface area contributed by atoms with Crippen molar-refractivity contribution in [1.82, 2.24) is 5.32 Å². The summed E-state index contributed by atoms with van der Waals surface area (Å²) in [6.45, 7) is 2.00. The lowest BCUT2D eigenvalue weighted by Crippen LogP contribution is -2.31.